The molecule has 4 nitrogen and oxygen atoms in total. The van der Waals surface area contributed by atoms with E-state index in [0.29, 0.717) is 12.5 Å². The van der Waals surface area contributed by atoms with Crippen molar-refractivity contribution in [3.8, 4) is 0 Å². The number of nitrogens with one attached hydrogen (secondary N) is 1. The second kappa shape index (κ2) is 5.09. The van der Waals surface area contributed by atoms with E-state index in [1.165, 1.54) is 0 Å². The van der Waals surface area contributed by atoms with Crippen molar-refractivity contribution in [2.24, 2.45) is 5.92 Å². The minimum absolute atomic E-state index is 0.211. The lowest BCUT2D eigenvalue weighted by atomic mass is 9.82. The Kier molecular flexibility index (Phi) is 3.42. The zero-order valence-electron chi connectivity index (χ0n) is 12.2. The Morgan fingerprint density at radius 1 is 1.35 bits per heavy atom. The van der Waals surface area contributed by atoms with Gasteiger partial charge in [0.1, 0.15) is 5.60 Å². The monoisotopic (exact) mass is 274 g/mol. The van der Waals surface area contributed by atoms with Crippen molar-refractivity contribution in [2.75, 3.05) is 24.5 Å². The lowest BCUT2D eigenvalue weighted by molar-refractivity contribution is 0.00962. The van der Waals surface area contributed by atoms with Gasteiger partial charge in [-0.25, -0.2) is 4.79 Å². The minimum atomic E-state index is -0.358. The summed E-state index contributed by atoms with van der Waals surface area (Å²) < 4.78 is 5.75. The minimum Gasteiger partial charge on any atom is -0.441 e. The van der Waals surface area contributed by atoms with Crippen molar-refractivity contribution in [2.45, 2.75) is 32.3 Å². The zero-order chi connectivity index (χ0) is 14.2. The van der Waals surface area contributed by atoms with Gasteiger partial charge in [-0.2, -0.15) is 0 Å². The van der Waals surface area contributed by atoms with Crippen LogP contribution in [0.25, 0.3) is 0 Å². The van der Waals surface area contributed by atoms with Crippen molar-refractivity contribution in [3.63, 3.8) is 0 Å². The molecule has 0 aromatic heterocycles. The normalized spacial score (nSPS) is 27.7. The van der Waals surface area contributed by atoms with E-state index in [-0.39, 0.29) is 11.7 Å². The molecule has 1 aromatic rings. The van der Waals surface area contributed by atoms with Crippen molar-refractivity contribution in [3.05, 3.63) is 29.8 Å². The number of aryl methyl sites for hydroxylation is 1. The van der Waals surface area contributed by atoms with Gasteiger partial charge in [-0.1, -0.05) is 12.1 Å². The molecule has 20 heavy (non-hydrogen) atoms. The van der Waals surface area contributed by atoms with E-state index >= 15 is 0 Å². The largest absolute Gasteiger partial charge is 0.441 e. The molecule has 1 aromatic carbocycles. The summed E-state index contributed by atoms with van der Waals surface area (Å²) in [5.74, 6) is 0.447. The molecule has 0 aliphatic carbocycles. The summed E-state index contributed by atoms with van der Waals surface area (Å²) >= 11 is 0. The van der Waals surface area contributed by atoms with Crippen LogP contribution in [0.15, 0.2) is 24.3 Å². The van der Waals surface area contributed by atoms with E-state index in [4.69, 9.17) is 4.74 Å². The van der Waals surface area contributed by atoms with E-state index in [1.807, 2.05) is 31.2 Å². The van der Waals surface area contributed by atoms with Gasteiger partial charge in [0.2, 0.25) is 0 Å². The zero-order valence-corrected chi connectivity index (χ0v) is 12.2. The Hall–Kier alpha value is -1.55. The van der Waals surface area contributed by atoms with Crippen molar-refractivity contribution in [1.82, 2.24) is 5.32 Å². The van der Waals surface area contributed by atoms with Crippen LogP contribution in [-0.2, 0) is 4.74 Å². The first-order chi connectivity index (χ1) is 9.58. The number of nitrogens with zero attached hydrogens (tertiary/aromatic N) is 1. The molecule has 1 atom stereocenters. The number of amides is 1. The summed E-state index contributed by atoms with van der Waals surface area (Å²) in [6, 6.07) is 8.03. The molecule has 2 heterocycles. The number of rotatable bonds is 2. The third kappa shape index (κ3) is 2.40. The second-order valence-corrected chi connectivity index (χ2v) is 6.13. The third-order valence-corrected chi connectivity index (χ3v) is 4.53. The fourth-order valence-corrected chi connectivity index (χ4v) is 3.30. The van der Waals surface area contributed by atoms with E-state index in [9.17, 15) is 4.79 Å². The fraction of sp³-hybridized carbons (Fsp3) is 0.562. The molecule has 2 aliphatic rings. The first-order valence-corrected chi connectivity index (χ1v) is 7.36. The van der Waals surface area contributed by atoms with E-state index < -0.39 is 0 Å². The number of cyclic esters (lactones) is 1. The topological polar surface area (TPSA) is 41.6 Å². The Morgan fingerprint density at radius 2 is 2.10 bits per heavy atom. The maximum atomic E-state index is 12.2. The highest BCUT2D eigenvalue weighted by Gasteiger charge is 2.47. The molecule has 2 fully saturated rings. The average molecular weight is 274 g/mol. The molecule has 3 rings (SSSR count). The second-order valence-electron chi connectivity index (χ2n) is 6.13. The summed E-state index contributed by atoms with van der Waals surface area (Å²) in [6.07, 6.45) is 1.94. The Morgan fingerprint density at radius 3 is 2.80 bits per heavy atom. The first kappa shape index (κ1) is 13.4. The molecule has 1 unspecified atom stereocenters. The van der Waals surface area contributed by atoms with Gasteiger partial charge in [-0.05, 0) is 57.5 Å². The number of benzene rings is 1. The number of carbonyl (C=O) groups excluding carboxylic acids is 1. The fourth-order valence-electron chi connectivity index (χ4n) is 3.30. The maximum Gasteiger partial charge on any atom is 0.415 e. The van der Waals surface area contributed by atoms with Crippen LogP contribution in [0.5, 0.6) is 0 Å². The van der Waals surface area contributed by atoms with Crippen LogP contribution >= 0.6 is 0 Å². The molecule has 0 saturated carbocycles. The van der Waals surface area contributed by atoms with Gasteiger partial charge >= 0.3 is 6.09 Å². The summed E-state index contributed by atoms with van der Waals surface area (Å²) in [5.41, 5.74) is 1.74. The number of hydrogen-bond acceptors (Lipinski definition) is 3. The van der Waals surface area contributed by atoms with Crippen molar-refractivity contribution < 1.29 is 9.53 Å². The Bertz CT molecular complexity index is 511. The molecule has 0 radical (unpaired) electrons. The van der Waals surface area contributed by atoms with Crippen LogP contribution in [-0.4, -0.2) is 31.3 Å². The van der Waals surface area contributed by atoms with E-state index in [0.717, 1.165) is 37.2 Å². The van der Waals surface area contributed by atoms with E-state index in [1.54, 1.807) is 4.90 Å². The molecule has 1 N–H and O–H groups in total. The highest BCUT2D eigenvalue weighted by Crippen LogP contribution is 2.37. The van der Waals surface area contributed by atoms with Gasteiger partial charge in [-0.15, -0.1) is 0 Å². The predicted octanol–water partition coefficient (Wildman–Crippen LogP) is 2.71. The molecular weight excluding hydrogens is 252 g/mol. The lowest BCUT2D eigenvalue weighted by Gasteiger charge is -2.34. The molecule has 2 saturated heterocycles. The molecule has 1 amide bonds. The Labute approximate surface area is 120 Å². The first-order valence-electron chi connectivity index (χ1n) is 7.36. The van der Waals surface area contributed by atoms with Gasteiger partial charge in [0.25, 0.3) is 0 Å². The van der Waals surface area contributed by atoms with Crippen LogP contribution in [0, 0.1) is 12.8 Å². The van der Waals surface area contributed by atoms with Crippen molar-refractivity contribution >= 4 is 11.8 Å². The van der Waals surface area contributed by atoms with Crippen LogP contribution < -0.4 is 10.2 Å². The third-order valence-electron chi connectivity index (χ3n) is 4.53. The average Bonchev–Trinajstić information content (AvgIpc) is 2.77. The van der Waals surface area contributed by atoms with Gasteiger partial charge < -0.3 is 10.1 Å². The van der Waals surface area contributed by atoms with E-state index in [2.05, 4.69) is 12.2 Å². The molecule has 108 valence electrons. The summed E-state index contributed by atoms with van der Waals surface area (Å²) in [7, 11) is 0. The number of carbonyl (C=O) groups is 1. The maximum absolute atomic E-state index is 12.2. The quantitative estimate of drug-likeness (QED) is 0.901. The lowest BCUT2D eigenvalue weighted by Crippen LogP contribution is -2.44. The standard InChI is InChI=1S/C16H22N2O2/c1-12-4-3-5-14(10-12)18-11-16(2,20-15(18)19)13-6-8-17-9-7-13/h3-5,10,13,17H,6-9,11H2,1-2H3. The molecule has 0 bridgehead atoms. The molecule has 0 spiro atoms. The van der Waals surface area contributed by atoms with Crippen LogP contribution in [0.4, 0.5) is 10.5 Å². The van der Waals surface area contributed by atoms with Gasteiger partial charge in [0.15, 0.2) is 0 Å². The van der Waals surface area contributed by atoms with Gasteiger partial charge in [-0.3, -0.25) is 4.90 Å². The molecular formula is C16H22N2O2. The smallest absolute Gasteiger partial charge is 0.415 e. The van der Waals surface area contributed by atoms with Crippen LogP contribution in [0.2, 0.25) is 0 Å². The number of hydrogen-bond donors (Lipinski definition) is 1. The summed E-state index contributed by atoms with van der Waals surface area (Å²) in [4.78, 5) is 14.0. The molecule has 2 aliphatic heterocycles. The summed E-state index contributed by atoms with van der Waals surface area (Å²) in [5, 5.41) is 3.36. The van der Waals surface area contributed by atoms with Crippen LogP contribution in [0.1, 0.15) is 25.3 Å². The highest BCUT2D eigenvalue weighted by molar-refractivity contribution is 5.90. The summed E-state index contributed by atoms with van der Waals surface area (Å²) in [6.45, 7) is 6.80. The Balaban J connectivity index is 1.80. The van der Waals surface area contributed by atoms with Gasteiger partial charge in [0, 0.05) is 11.6 Å². The predicted molar refractivity (Wildman–Crippen MR) is 79.0 cm³/mol. The SMILES string of the molecule is Cc1cccc(N2CC(C)(C3CCNCC3)OC2=O)c1. The number of anilines is 1. The van der Waals surface area contributed by atoms with Crippen LogP contribution in [0.3, 0.4) is 0 Å². The van der Waals surface area contributed by atoms with Gasteiger partial charge in [0.05, 0.1) is 6.54 Å². The van der Waals surface area contributed by atoms with Crippen molar-refractivity contribution in [1.29, 1.82) is 0 Å². The highest BCUT2D eigenvalue weighted by atomic mass is 16.6. The number of piperidine rings is 1. The molecule has 4 heteroatoms. The number of ether oxygens (including phenoxy) is 1.